The highest BCUT2D eigenvalue weighted by Crippen LogP contribution is 2.33. The Bertz CT molecular complexity index is 921. The number of benzene rings is 2. The van der Waals surface area contributed by atoms with Gasteiger partial charge in [-0.05, 0) is 36.2 Å². The Morgan fingerprint density at radius 2 is 2.04 bits per heavy atom. The summed E-state index contributed by atoms with van der Waals surface area (Å²) >= 11 is 3.40. The summed E-state index contributed by atoms with van der Waals surface area (Å²) in [5.74, 6) is 1.95. The van der Waals surface area contributed by atoms with Gasteiger partial charge in [-0.25, -0.2) is 4.98 Å². The predicted octanol–water partition coefficient (Wildman–Crippen LogP) is 4.47. The minimum Gasteiger partial charge on any atom is -0.495 e. The molecule has 1 aliphatic rings. The van der Waals surface area contributed by atoms with Gasteiger partial charge < -0.3 is 15.4 Å². The number of thioether (sulfide) groups is 1. The molecule has 1 aliphatic heterocycles. The second-order valence-electron chi connectivity index (χ2n) is 5.86. The number of amidine groups is 1. The maximum Gasteiger partial charge on any atom is 0.183 e. The van der Waals surface area contributed by atoms with E-state index in [1.54, 1.807) is 30.2 Å². The van der Waals surface area contributed by atoms with Crippen LogP contribution in [0.4, 0.5) is 10.8 Å². The standard InChI is InChI=1S/C19H20N4OS2/c1-24-16-4-2-3-15-17(16)26-19(23-15)20-10-9-13-5-7-14(8-6-13)22-18-21-11-12-25-18/h2-8H,9-12H2,1H3,(H,20,23)(H,21,22). The van der Waals surface area contributed by atoms with Crippen molar-refractivity contribution < 1.29 is 4.74 Å². The number of aromatic nitrogens is 1. The molecule has 0 saturated carbocycles. The second kappa shape index (κ2) is 7.97. The number of rotatable bonds is 6. The molecule has 2 aromatic carbocycles. The quantitative estimate of drug-likeness (QED) is 0.656. The van der Waals surface area contributed by atoms with Crippen LogP contribution >= 0.6 is 23.1 Å². The van der Waals surface area contributed by atoms with Crippen LogP contribution < -0.4 is 15.4 Å². The number of ether oxygens (including phenoxy) is 1. The van der Waals surface area contributed by atoms with E-state index in [0.717, 1.165) is 57.2 Å². The summed E-state index contributed by atoms with van der Waals surface area (Å²) in [5.41, 5.74) is 3.36. The summed E-state index contributed by atoms with van der Waals surface area (Å²) < 4.78 is 6.48. The van der Waals surface area contributed by atoms with E-state index in [4.69, 9.17) is 4.74 Å². The molecule has 2 heterocycles. The number of nitrogens with zero attached hydrogens (tertiary/aromatic N) is 2. The number of thiazole rings is 1. The molecular weight excluding hydrogens is 364 g/mol. The van der Waals surface area contributed by atoms with Crippen molar-refractivity contribution in [3.05, 3.63) is 48.0 Å². The van der Waals surface area contributed by atoms with Gasteiger partial charge in [-0.15, -0.1) is 0 Å². The number of anilines is 2. The van der Waals surface area contributed by atoms with E-state index in [1.807, 2.05) is 18.2 Å². The molecule has 0 saturated heterocycles. The zero-order valence-electron chi connectivity index (χ0n) is 14.5. The zero-order valence-corrected chi connectivity index (χ0v) is 16.1. The molecule has 3 aromatic rings. The molecule has 0 bridgehead atoms. The third-order valence-corrected chi connectivity index (χ3v) is 6.01. The van der Waals surface area contributed by atoms with E-state index in [0.29, 0.717) is 0 Å². The van der Waals surface area contributed by atoms with Crippen LogP contribution in [0.1, 0.15) is 5.56 Å². The molecule has 0 unspecified atom stereocenters. The van der Waals surface area contributed by atoms with Crippen LogP contribution in [0.5, 0.6) is 5.75 Å². The number of hydrogen-bond donors (Lipinski definition) is 2. The van der Waals surface area contributed by atoms with Crippen molar-refractivity contribution >= 4 is 49.3 Å². The van der Waals surface area contributed by atoms with Gasteiger partial charge in [0.25, 0.3) is 0 Å². The molecule has 0 fully saturated rings. The van der Waals surface area contributed by atoms with Gasteiger partial charge in [-0.1, -0.05) is 41.3 Å². The van der Waals surface area contributed by atoms with Crippen LogP contribution in [0, 0.1) is 0 Å². The van der Waals surface area contributed by atoms with Crippen molar-refractivity contribution in [3.8, 4) is 5.75 Å². The lowest BCUT2D eigenvalue weighted by atomic mass is 10.1. The van der Waals surface area contributed by atoms with E-state index < -0.39 is 0 Å². The summed E-state index contributed by atoms with van der Waals surface area (Å²) in [4.78, 5) is 9.04. The molecule has 0 radical (unpaired) electrons. The molecule has 0 aliphatic carbocycles. The van der Waals surface area contributed by atoms with Crippen LogP contribution in [-0.2, 0) is 6.42 Å². The summed E-state index contributed by atoms with van der Waals surface area (Å²) in [7, 11) is 1.69. The third-order valence-electron chi connectivity index (χ3n) is 4.08. The molecular formula is C19H20N4OS2. The minimum atomic E-state index is 0.845. The fourth-order valence-corrected chi connectivity index (χ4v) is 4.49. The Morgan fingerprint density at radius 1 is 1.15 bits per heavy atom. The summed E-state index contributed by atoms with van der Waals surface area (Å²) in [6.07, 6.45) is 0.947. The first-order valence-corrected chi connectivity index (χ1v) is 10.3. The first-order valence-electron chi connectivity index (χ1n) is 8.52. The van der Waals surface area contributed by atoms with Crippen LogP contribution in [0.15, 0.2) is 47.5 Å². The van der Waals surface area contributed by atoms with Crippen molar-refractivity contribution in [1.82, 2.24) is 4.98 Å². The summed E-state index contributed by atoms with van der Waals surface area (Å²) in [5, 5.41) is 8.72. The third kappa shape index (κ3) is 3.94. The van der Waals surface area contributed by atoms with Gasteiger partial charge in [0.05, 0.1) is 23.9 Å². The fourth-order valence-electron chi connectivity index (χ4n) is 2.76. The Balaban J connectivity index is 1.33. The van der Waals surface area contributed by atoms with Gasteiger partial charge in [-0.3, -0.25) is 4.99 Å². The van der Waals surface area contributed by atoms with Crippen LogP contribution in [0.2, 0.25) is 0 Å². The molecule has 1 aromatic heterocycles. The van der Waals surface area contributed by atoms with Crippen molar-refractivity contribution in [2.24, 2.45) is 4.99 Å². The van der Waals surface area contributed by atoms with Crippen molar-refractivity contribution in [3.63, 3.8) is 0 Å². The van der Waals surface area contributed by atoms with Crippen molar-refractivity contribution in [2.45, 2.75) is 6.42 Å². The number of nitrogens with one attached hydrogen (secondary N) is 2. The fraction of sp³-hybridized carbons (Fsp3) is 0.263. The molecule has 0 atom stereocenters. The lowest BCUT2D eigenvalue weighted by Crippen LogP contribution is -2.06. The minimum absolute atomic E-state index is 0.845. The predicted molar refractivity (Wildman–Crippen MR) is 113 cm³/mol. The number of methoxy groups -OCH3 is 1. The molecule has 7 heteroatoms. The Kier molecular flexibility index (Phi) is 5.26. The highest BCUT2D eigenvalue weighted by atomic mass is 32.2. The average molecular weight is 385 g/mol. The van der Waals surface area contributed by atoms with Gasteiger partial charge in [0.15, 0.2) is 10.3 Å². The summed E-state index contributed by atoms with van der Waals surface area (Å²) in [6.45, 7) is 1.76. The smallest absolute Gasteiger partial charge is 0.183 e. The molecule has 26 heavy (non-hydrogen) atoms. The molecule has 2 N–H and O–H groups in total. The first-order chi connectivity index (χ1) is 12.8. The topological polar surface area (TPSA) is 58.5 Å². The van der Waals surface area contributed by atoms with Crippen LogP contribution in [0.25, 0.3) is 10.2 Å². The lowest BCUT2D eigenvalue weighted by molar-refractivity contribution is 0.420. The molecule has 0 amide bonds. The molecule has 134 valence electrons. The highest BCUT2D eigenvalue weighted by molar-refractivity contribution is 8.14. The SMILES string of the molecule is COc1cccc2nc(NCCc3ccc(NC4=NCCS4)cc3)sc12. The molecule has 0 spiro atoms. The summed E-state index contributed by atoms with van der Waals surface area (Å²) in [6, 6.07) is 14.5. The van der Waals surface area contributed by atoms with E-state index in [9.17, 15) is 0 Å². The van der Waals surface area contributed by atoms with Gasteiger partial charge in [-0.2, -0.15) is 0 Å². The normalized spacial score (nSPS) is 13.7. The number of fused-ring (bicyclic) bond motifs is 1. The zero-order chi connectivity index (χ0) is 17.8. The second-order valence-corrected chi connectivity index (χ2v) is 7.94. The number of hydrogen-bond acceptors (Lipinski definition) is 7. The van der Waals surface area contributed by atoms with Crippen LogP contribution in [0.3, 0.4) is 0 Å². The van der Waals surface area contributed by atoms with Gasteiger partial charge >= 0.3 is 0 Å². The van der Waals surface area contributed by atoms with Crippen molar-refractivity contribution in [1.29, 1.82) is 0 Å². The Labute approximate surface area is 160 Å². The number of aliphatic imine (C=N–C) groups is 1. The largest absolute Gasteiger partial charge is 0.495 e. The first kappa shape index (κ1) is 17.2. The van der Waals surface area contributed by atoms with Gasteiger partial charge in [0.2, 0.25) is 0 Å². The van der Waals surface area contributed by atoms with E-state index in [2.05, 4.69) is 44.9 Å². The van der Waals surface area contributed by atoms with Gasteiger partial charge in [0.1, 0.15) is 5.75 Å². The Morgan fingerprint density at radius 3 is 2.81 bits per heavy atom. The van der Waals surface area contributed by atoms with E-state index >= 15 is 0 Å². The maximum absolute atomic E-state index is 5.40. The van der Waals surface area contributed by atoms with Gasteiger partial charge in [0, 0.05) is 18.0 Å². The maximum atomic E-state index is 5.40. The van der Waals surface area contributed by atoms with Crippen molar-refractivity contribution in [2.75, 3.05) is 36.6 Å². The van der Waals surface area contributed by atoms with E-state index in [1.165, 1.54) is 5.56 Å². The lowest BCUT2D eigenvalue weighted by Gasteiger charge is -2.07. The average Bonchev–Trinajstić information content (AvgIpc) is 3.32. The Hall–Kier alpha value is -2.25. The highest BCUT2D eigenvalue weighted by Gasteiger charge is 2.08. The van der Waals surface area contributed by atoms with E-state index in [-0.39, 0.29) is 0 Å². The molecule has 5 nitrogen and oxygen atoms in total. The molecule has 4 rings (SSSR count). The monoisotopic (exact) mass is 384 g/mol. The van der Waals surface area contributed by atoms with Crippen LogP contribution in [-0.4, -0.2) is 36.1 Å².